The number of oxazole rings is 1. The fraction of sp³-hybridized carbons (Fsp3) is 0.267. The summed E-state index contributed by atoms with van der Waals surface area (Å²) in [6.45, 7) is 0.259. The summed E-state index contributed by atoms with van der Waals surface area (Å²) in [5.41, 5.74) is 0.0475. The zero-order valence-electron chi connectivity index (χ0n) is 12.7. The molecule has 0 atom stereocenters. The zero-order valence-corrected chi connectivity index (χ0v) is 13.5. The number of carbonyl (C=O) groups is 1. The second kappa shape index (κ2) is 6.71. The topological polar surface area (TPSA) is 77.1 Å². The minimum atomic E-state index is -4.54. The summed E-state index contributed by atoms with van der Waals surface area (Å²) in [6.07, 6.45) is -4.18. The van der Waals surface area contributed by atoms with E-state index in [9.17, 15) is 22.8 Å². The highest BCUT2D eigenvalue weighted by molar-refractivity contribution is 7.13. The van der Waals surface area contributed by atoms with Gasteiger partial charge in [0.1, 0.15) is 0 Å². The second-order valence-corrected chi connectivity index (χ2v) is 6.03. The molecule has 0 saturated heterocycles. The average molecular weight is 371 g/mol. The number of halogens is 3. The number of nitrogens with one attached hydrogen (secondary N) is 1. The van der Waals surface area contributed by atoms with Gasteiger partial charge in [0, 0.05) is 18.3 Å². The molecule has 10 heteroatoms. The van der Waals surface area contributed by atoms with E-state index >= 15 is 0 Å². The van der Waals surface area contributed by atoms with Crippen molar-refractivity contribution in [2.75, 3.05) is 5.32 Å². The summed E-state index contributed by atoms with van der Waals surface area (Å²) in [5, 5.41) is 3.06. The summed E-state index contributed by atoms with van der Waals surface area (Å²) in [7, 11) is 0. The first-order valence-electron chi connectivity index (χ1n) is 7.25. The Hall–Kier alpha value is -2.62. The number of aromatic nitrogens is 2. The first-order valence-corrected chi connectivity index (χ1v) is 8.13. The average Bonchev–Trinajstić information content (AvgIpc) is 3.12. The van der Waals surface area contributed by atoms with Gasteiger partial charge in [-0.2, -0.15) is 13.2 Å². The number of nitrogens with zero attached hydrogens (tertiary/aromatic N) is 2. The van der Waals surface area contributed by atoms with E-state index in [-0.39, 0.29) is 18.1 Å². The number of thiazole rings is 1. The monoisotopic (exact) mass is 371 g/mol. The maximum Gasteiger partial charge on any atom is 0.434 e. The molecule has 0 aliphatic heterocycles. The van der Waals surface area contributed by atoms with Crippen molar-refractivity contribution in [3.8, 4) is 0 Å². The third-order valence-corrected chi connectivity index (χ3v) is 4.16. The maximum absolute atomic E-state index is 12.5. The van der Waals surface area contributed by atoms with E-state index in [1.807, 2.05) is 0 Å². The maximum atomic E-state index is 12.5. The third-order valence-electron chi connectivity index (χ3n) is 3.40. The van der Waals surface area contributed by atoms with Crippen LogP contribution in [0.15, 0.2) is 38.9 Å². The fourth-order valence-electron chi connectivity index (χ4n) is 2.27. The van der Waals surface area contributed by atoms with Gasteiger partial charge in [-0.3, -0.25) is 9.36 Å². The minimum absolute atomic E-state index is 0.0346. The van der Waals surface area contributed by atoms with Crippen molar-refractivity contribution in [1.29, 1.82) is 0 Å². The zero-order chi connectivity index (χ0) is 18.0. The van der Waals surface area contributed by atoms with E-state index in [0.717, 1.165) is 5.38 Å². The summed E-state index contributed by atoms with van der Waals surface area (Å²) in [5.74, 6) is -0.986. The largest absolute Gasteiger partial charge is 0.434 e. The molecule has 0 unspecified atom stereocenters. The molecule has 0 fully saturated rings. The molecule has 2 aromatic heterocycles. The van der Waals surface area contributed by atoms with Gasteiger partial charge in [-0.05, 0) is 18.6 Å². The highest BCUT2D eigenvalue weighted by Crippen LogP contribution is 2.31. The van der Waals surface area contributed by atoms with E-state index in [1.165, 1.54) is 4.57 Å². The Morgan fingerprint density at radius 2 is 2.08 bits per heavy atom. The molecule has 0 saturated carbocycles. The minimum Gasteiger partial charge on any atom is -0.408 e. The van der Waals surface area contributed by atoms with Crippen molar-refractivity contribution in [3.05, 3.63) is 45.9 Å². The van der Waals surface area contributed by atoms with Gasteiger partial charge in [-0.25, -0.2) is 9.78 Å². The first kappa shape index (κ1) is 17.2. The van der Waals surface area contributed by atoms with Crippen LogP contribution >= 0.6 is 11.3 Å². The van der Waals surface area contributed by atoms with E-state index in [1.54, 1.807) is 24.3 Å². The molecule has 1 amide bonds. The molecule has 0 radical (unpaired) electrons. The molecule has 2 heterocycles. The number of hydrogen-bond donors (Lipinski definition) is 1. The van der Waals surface area contributed by atoms with Crippen molar-refractivity contribution in [3.63, 3.8) is 0 Å². The number of alkyl halides is 3. The Balaban J connectivity index is 1.57. The Labute approximate surface area is 142 Å². The molecule has 3 aromatic rings. The van der Waals surface area contributed by atoms with E-state index in [0.29, 0.717) is 28.9 Å². The lowest BCUT2D eigenvalue weighted by molar-refractivity contribution is -0.140. The fourth-order valence-corrected chi connectivity index (χ4v) is 3.00. The van der Waals surface area contributed by atoms with Crippen LogP contribution in [-0.4, -0.2) is 15.5 Å². The number of aryl methyl sites for hydroxylation is 1. The molecule has 0 spiro atoms. The number of anilines is 1. The van der Waals surface area contributed by atoms with Crippen LogP contribution < -0.4 is 11.1 Å². The van der Waals surface area contributed by atoms with Gasteiger partial charge >= 0.3 is 11.9 Å². The molecule has 1 aromatic carbocycles. The number of para-hydroxylation sites is 2. The smallest absolute Gasteiger partial charge is 0.408 e. The van der Waals surface area contributed by atoms with Gasteiger partial charge in [-0.1, -0.05) is 12.1 Å². The van der Waals surface area contributed by atoms with Crippen LogP contribution in [0.3, 0.4) is 0 Å². The highest BCUT2D eigenvalue weighted by Gasteiger charge is 2.33. The molecule has 3 rings (SSSR count). The molecule has 132 valence electrons. The van der Waals surface area contributed by atoms with Crippen LogP contribution in [0.5, 0.6) is 0 Å². The Bertz CT molecular complexity index is 958. The van der Waals surface area contributed by atoms with Gasteiger partial charge in [0.05, 0.1) is 5.52 Å². The third kappa shape index (κ3) is 3.90. The normalized spacial score (nSPS) is 11.8. The molecule has 6 nitrogen and oxygen atoms in total. The molecule has 0 aliphatic rings. The number of rotatable bonds is 5. The standard InChI is InChI=1S/C15H12F3N3O3S/c16-15(17,18)11-8-25-13(19-11)20-12(22)6-3-7-21-9-4-1-2-5-10(9)24-14(21)23/h1-2,4-5,8H,3,6-7H2,(H,19,20,22). The molecule has 0 bridgehead atoms. The summed E-state index contributed by atoms with van der Waals surface area (Å²) in [4.78, 5) is 26.9. The van der Waals surface area contributed by atoms with Crippen molar-refractivity contribution < 1.29 is 22.4 Å². The highest BCUT2D eigenvalue weighted by atomic mass is 32.1. The summed E-state index contributed by atoms with van der Waals surface area (Å²) in [6, 6.07) is 6.91. The van der Waals surface area contributed by atoms with E-state index < -0.39 is 23.5 Å². The van der Waals surface area contributed by atoms with Gasteiger partial charge in [-0.15, -0.1) is 11.3 Å². The van der Waals surface area contributed by atoms with Crippen LogP contribution in [0.25, 0.3) is 11.1 Å². The van der Waals surface area contributed by atoms with Crippen molar-refractivity contribution in [2.45, 2.75) is 25.6 Å². The van der Waals surface area contributed by atoms with Crippen molar-refractivity contribution in [1.82, 2.24) is 9.55 Å². The molecule has 25 heavy (non-hydrogen) atoms. The van der Waals surface area contributed by atoms with Gasteiger partial charge in [0.2, 0.25) is 5.91 Å². The Kier molecular flexibility index (Phi) is 4.62. The van der Waals surface area contributed by atoms with Gasteiger partial charge < -0.3 is 9.73 Å². The lowest BCUT2D eigenvalue weighted by Gasteiger charge is -2.03. The lowest BCUT2D eigenvalue weighted by atomic mass is 10.3. The lowest BCUT2D eigenvalue weighted by Crippen LogP contribution is -2.17. The van der Waals surface area contributed by atoms with Crippen LogP contribution in [0.1, 0.15) is 18.5 Å². The van der Waals surface area contributed by atoms with Crippen LogP contribution in [-0.2, 0) is 17.5 Å². The molecule has 1 N–H and O–H groups in total. The van der Waals surface area contributed by atoms with Crippen molar-refractivity contribution in [2.24, 2.45) is 0 Å². The summed E-state index contributed by atoms with van der Waals surface area (Å²) >= 11 is 0.707. The number of hydrogen-bond acceptors (Lipinski definition) is 5. The van der Waals surface area contributed by atoms with Crippen molar-refractivity contribution >= 4 is 33.5 Å². The number of carbonyl (C=O) groups excluding carboxylic acids is 1. The van der Waals surface area contributed by atoms with E-state index in [4.69, 9.17) is 4.42 Å². The Morgan fingerprint density at radius 1 is 1.32 bits per heavy atom. The summed E-state index contributed by atoms with van der Waals surface area (Å²) < 4.78 is 43.9. The van der Waals surface area contributed by atoms with Crippen LogP contribution in [0, 0.1) is 0 Å². The molecular formula is C15H12F3N3O3S. The van der Waals surface area contributed by atoms with Crippen LogP contribution in [0.2, 0.25) is 0 Å². The van der Waals surface area contributed by atoms with E-state index in [2.05, 4.69) is 10.3 Å². The SMILES string of the molecule is O=C(CCCn1c(=O)oc2ccccc21)Nc1nc(C(F)(F)F)cs1. The number of fused-ring (bicyclic) bond motifs is 1. The van der Waals surface area contributed by atoms with Crippen LogP contribution in [0.4, 0.5) is 18.3 Å². The first-order chi connectivity index (χ1) is 11.8. The second-order valence-electron chi connectivity index (χ2n) is 5.17. The molecular weight excluding hydrogens is 359 g/mol. The predicted octanol–water partition coefficient (Wildman–Crippen LogP) is 3.49. The van der Waals surface area contributed by atoms with Gasteiger partial charge in [0.25, 0.3) is 0 Å². The number of amides is 1. The quantitative estimate of drug-likeness (QED) is 0.745. The number of benzene rings is 1. The Morgan fingerprint density at radius 3 is 2.80 bits per heavy atom. The predicted molar refractivity (Wildman–Crippen MR) is 85.5 cm³/mol. The molecule has 0 aliphatic carbocycles. The van der Waals surface area contributed by atoms with Gasteiger partial charge in [0.15, 0.2) is 16.4 Å².